The predicted octanol–water partition coefficient (Wildman–Crippen LogP) is 5.17. The van der Waals surface area contributed by atoms with E-state index in [1.54, 1.807) is 0 Å². The van der Waals surface area contributed by atoms with Crippen molar-refractivity contribution in [2.24, 2.45) is 0 Å². The molecular weight excluding hydrogens is 468 g/mol. The van der Waals surface area contributed by atoms with Crippen LogP contribution in [0.4, 0.5) is 10.9 Å². The Labute approximate surface area is 206 Å². The van der Waals surface area contributed by atoms with Crippen LogP contribution in [-0.2, 0) is 4.79 Å². The van der Waals surface area contributed by atoms with Gasteiger partial charge in [0.2, 0.25) is 5.91 Å². The number of ether oxygens (including phenoxy) is 1. The Morgan fingerprint density at radius 2 is 1.91 bits per heavy atom. The summed E-state index contributed by atoms with van der Waals surface area (Å²) in [5, 5.41) is 24.7. The number of anilines is 2. The largest absolute Gasteiger partial charge is 0.494 e. The number of nitrogen functional groups attached to an aromatic ring is 1. The highest BCUT2D eigenvalue weighted by atomic mass is 32.2. The number of carbonyl (C=O) groups is 1. The maximum Gasteiger partial charge on any atom is 0.226 e. The molecule has 0 saturated carbocycles. The monoisotopic (exact) mass is 492 g/mol. The molecule has 174 valence electrons. The molecule has 2 aromatic heterocycles. The molecule has 3 rings (SSSR count). The molecule has 0 aliphatic rings. The number of hydrogen-bond acceptors (Lipinski definition) is 9. The van der Waals surface area contributed by atoms with Gasteiger partial charge in [-0.05, 0) is 42.7 Å². The van der Waals surface area contributed by atoms with Crippen molar-refractivity contribution in [3.8, 4) is 29.1 Å². The summed E-state index contributed by atoms with van der Waals surface area (Å²) in [6, 6.07) is 11.8. The first-order chi connectivity index (χ1) is 16.4. The van der Waals surface area contributed by atoms with E-state index in [1.165, 1.54) is 23.1 Å². The summed E-state index contributed by atoms with van der Waals surface area (Å²) in [5.41, 5.74) is 8.83. The fraction of sp³-hybridized carbons (Fsp3) is 0.292. The first kappa shape index (κ1) is 25.0. The van der Waals surface area contributed by atoms with E-state index in [1.807, 2.05) is 56.5 Å². The average molecular weight is 493 g/mol. The molecule has 34 heavy (non-hydrogen) atoms. The van der Waals surface area contributed by atoms with Gasteiger partial charge in [0.15, 0.2) is 5.13 Å². The number of thiazole rings is 1. The number of pyridine rings is 1. The van der Waals surface area contributed by atoms with Crippen molar-refractivity contribution in [2.45, 2.75) is 38.1 Å². The molecule has 3 aromatic rings. The van der Waals surface area contributed by atoms with E-state index in [4.69, 9.17) is 10.5 Å². The summed E-state index contributed by atoms with van der Waals surface area (Å²) in [4.78, 5) is 21.2. The van der Waals surface area contributed by atoms with Crippen LogP contribution in [0.25, 0.3) is 11.3 Å². The number of nitriles is 2. The lowest BCUT2D eigenvalue weighted by Crippen LogP contribution is -2.12. The zero-order valence-electron chi connectivity index (χ0n) is 19.1. The van der Waals surface area contributed by atoms with E-state index in [2.05, 4.69) is 21.4 Å². The minimum absolute atomic E-state index is 0.0632. The summed E-state index contributed by atoms with van der Waals surface area (Å²) in [5.74, 6) is 1.04. The van der Waals surface area contributed by atoms with Crippen molar-refractivity contribution in [2.75, 3.05) is 23.4 Å². The average Bonchev–Trinajstić information content (AvgIpc) is 3.27. The van der Waals surface area contributed by atoms with Crippen LogP contribution in [0, 0.1) is 22.7 Å². The number of rotatable bonds is 9. The Bertz CT molecular complexity index is 1260. The van der Waals surface area contributed by atoms with Gasteiger partial charge in [0.25, 0.3) is 0 Å². The van der Waals surface area contributed by atoms with Gasteiger partial charge in [0.1, 0.15) is 28.7 Å². The van der Waals surface area contributed by atoms with Gasteiger partial charge in [-0.1, -0.05) is 13.8 Å². The molecule has 0 aliphatic carbocycles. The third-order valence-electron chi connectivity index (χ3n) is 4.81. The Balaban J connectivity index is 1.62. The number of nitrogens with one attached hydrogen (secondary N) is 1. The van der Waals surface area contributed by atoms with E-state index in [-0.39, 0.29) is 29.6 Å². The molecule has 0 fully saturated rings. The smallest absolute Gasteiger partial charge is 0.226 e. The van der Waals surface area contributed by atoms with Crippen LogP contribution in [0.3, 0.4) is 0 Å². The fourth-order valence-electron chi connectivity index (χ4n) is 3.28. The summed E-state index contributed by atoms with van der Waals surface area (Å²) in [6.07, 6.45) is 0.200. The zero-order chi connectivity index (χ0) is 24.7. The van der Waals surface area contributed by atoms with Gasteiger partial charge in [0.05, 0.1) is 23.4 Å². The van der Waals surface area contributed by atoms with Crippen LogP contribution in [0.5, 0.6) is 5.75 Å². The lowest BCUT2D eigenvalue weighted by molar-refractivity contribution is -0.115. The van der Waals surface area contributed by atoms with Crippen molar-refractivity contribution in [1.29, 1.82) is 10.5 Å². The molecule has 1 aromatic carbocycles. The van der Waals surface area contributed by atoms with Gasteiger partial charge >= 0.3 is 0 Å². The second-order valence-electron chi connectivity index (χ2n) is 7.49. The van der Waals surface area contributed by atoms with Gasteiger partial charge in [-0.2, -0.15) is 10.5 Å². The lowest BCUT2D eigenvalue weighted by atomic mass is 9.94. The lowest BCUT2D eigenvalue weighted by Gasteiger charge is -2.15. The van der Waals surface area contributed by atoms with Crippen molar-refractivity contribution in [3.05, 3.63) is 46.3 Å². The molecule has 0 aliphatic heterocycles. The molecule has 1 amide bonds. The fourth-order valence-corrected chi connectivity index (χ4v) is 4.96. The third-order valence-corrected chi connectivity index (χ3v) is 6.55. The molecule has 0 bridgehead atoms. The molecule has 0 saturated heterocycles. The molecule has 0 radical (unpaired) electrons. The topological polar surface area (TPSA) is 138 Å². The number of nitrogens with two attached hydrogens (primary N) is 1. The van der Waals surface area contributed by atoms with Crippen LogP contribution >= 0.6 is 23.1 Å². The van der Waals surface area contributed by atoms with Crippen molar-refractivity contribution in [1.82, 2.24) is 9.97 Å². The summed E-state index contributed by atoms with van der Waals surface area (Å²) < 4.78 is 5.45. The van der Waals surface area contributed by atoms with E-state index in [9.17, 15) is 15.3 Å². The third kappa shape index (κ3) is 5.84. The first-order valence-electron chi connectivity index (χ1n) is 10.6. The quantitative estimate of drug-likeness (QED) is 0.390. The number of carbonyl (C=O) groups excluding carboxylic acids is 1. The molecule has 0 atom stereocenters. The minimum atomic E-state index is -0.190. The van der Waals surface area contributed by atoms with Crippen molar-refractivity contribution < 1.29 is 9.53 Å². The number of benzene rings is 1. The number of thioether (sulfide) groups is 1. The summed E-state index contributed by atoms with van der Waals surface area (Å²) in [7, 11) is 0. The molecule has 8 nitrogen and oxygen atoms in total. The Hall–Kier alpha value is -3.60. The second kappa shape index (κ2) is 11.5. The van der Waals surface area contributed by atoms with E-state index in [0.29, 0.717) is 33.6 Å². The van der Waals surface area contributed by atoms with E-state index >= 15 is 0 Å². The van der Waals surface area contributed by atoms with Gasteiger partial charge in [-0.25, -0.2) is 9.97 Å². The Morgan fingerprint density at radius 3 is 2.53 bits per heavy atom. The maximum absolute atomic E-state index is 12.4. The Morgan fingerprint density at radius 1 is 1.21 bits per heavy atom. The first-order valence-corrected chi connectivity index (χ1v) is 12.5. The van der Waals surface area contributed by atoms with Gasteiger partial charge in [-0.15, -0.1) is 23.1 Å². The van der Waals surface area contributed by atoms with Gasteiger partial charge in [0, 0.05) is 23.1 Å². The molecule has 10 heteroatoms. The Kier molecular flexibility index (Phi) is 8.47. The molecule has 3 N–H and O–H groups in total. The van der Waals surface area contributed by atoms with Gasteiger partial charge in [-0.3, -0.25) is 4.79 Å². The van der Waals surface area contributed by atoms with Crippen molar-refractivity contribution >= 4 is 40.0 Å². The number of nitrogens with zero attached hydrogens (tertiary/aromatic N) is 4. The highest BCUT2D eigenvalue weighted by Gasteiger charge is 2.21. The SMILES string of the molecule is CCOc1ccc(-c2csc(NC(=O)CCSc3nc(N)c(C#N)c(C(C)C)c3C#N)n2)cc1. The van der Waals surface area contributed by atoms with Crippen LogP contribution in [-0.4, -0.2) is 28.2 Å². The summed E-state index contributed by atoms with van der Waals surface area (Å²) >= 11 is 2.62. The van der Waals surface area contributed by atoms with Crippen LogP contribution in [0.15, 0.2) is 34.7 Å². The van der Waals surface area contributed by atoms with Crippen molar-refractivity contribution in [3.63, 3.8) is 0 Å². The number of hydrogen-bond donors (Lipinski definition) is 2. The van der Waals surface area contributed by atoms with E-state index < -0.39 is 0 Å². The molecular formula is C24H24N6O2S2. The maximum atomic E-state index is 12.4. The number of aromatic nitrogens is 2. The molecule has 0 spiro atoms. The highest BCUT2D eigenvalue weighted by molar-refractivity contribution is 7.99. The van der Waals surface area contributed by atoms with E-state index in [0.717, 1.165) is 17.0 Å². The molecule has 2 heterocycles. The molecule has 0 unspecified atom stereocenters. The van der Waals surface area contributed by atoms with Crippen LogP contribution in [0.1, 0.15) is 49.8 Å². The number of amides is 1. The second-order valence-corrected chi connectivity index (χ2v) is 9.43. The van der Waals surface area contributed by atoms with Crippen LogP contribution in [0.2, 0.25) is 0 Å². The predicted molar refractivity (Wildman–Crippen MR) is 135 cm³/mol. The summed E-state index contributed by atoms with van der Waals surface area (Å²) in [6.45, 7) is 6.33. The normalized spacial score (nSPS) is 10.5. The van der Waals surface area contributed by atoms with Crippen LogP contribution < -0.4 is 15.8 Å². The minimum Gasteiger partial charge on any atom is -0.494 e. The highest BCUT2D eigenvalue weighted by Crippen LogP contribution is 2.33. The van der Waals surface area contributed by atoms with Gasteiger partial charge < -0.3 is 15.8 Å². The zero-order valence-corrected chi connectivity index (χ0v) is 20.7. The standard InChI is InChI=1S/C24H24N6O2S2/c1-4-32-16-7-5-15(6-8-16)19-13-34-24(28-19)29-20(31)9-10-33-23-18(12-26)21(14(2)3)17(11-25)22(27)30-23/h5-8,13-14H,4,9-10H2,1-3H3,(H2,27,30)(H,28,29,31).